The summed E-state index contributed by atoms with van der Waals surface area (Å²) >= 11 is 0. The maximum absolute atomic E-state index is 12.9. The molecule has 17 heavy (non-hydrogen) atoms. The topological polar surface area (TPSA) is 25.2 Å². The molecular formula is C14H16FNO. The van der Waals surface area contributed by atoms with Crippen LogP contribution in [-0.4, -0.2) is 0 Å². The fourth-order valence-electron chi connectivity index (χ4n) is 1.76. The van der Waals surface area contributed by atoms with Gasteiger partial charge >= 0.3 is 0 Å². The molecular weight excluding hydrogens is 217 g/mol. The average molecular weight is 233 g/mol. The maximum Gasteiger partial charge on any atom is 0.123 e. The molecule has 0 fully saturated rings. The molecule has 0 saturated carbocycles. The van der Waals surface area contributed by atoms with Gasteiger partial charge in [-0.25, -0.2) is 4.39 Å². The molecule has 0 amide bonds. The van der Waals surface area contributed by atoms with Gasteiger partial charge in [-0.2, -0.15) is 0 Å². The van der Waals surface area contributed by atoms with Gasteiger partial charge in [0.1, 0.15) is 17.3 Å². The Bertz CT molecular complexity index is 505. The van der Waals surface area contributed by atoms with Crippen molar-refractivity contribution in [2.45, 2.75) is 26.9 Å². The molecule has 1 aromatic heterocycles. The lowest BCUT2D eigenvalue weighted by molar-refractivity contribution is 0.461. The van der Waals surface area contributed by atoms with Crippen molar-refractivity contribution >= 4 is 0 Å². The summed E-state index contributed by atoms with van der Waals surface area (Å²) in [6.45, 7) is 5.24. The van der Waals surface area contributed by atoms with Gasteiger partial charge in [-0.3, -0.25) is 0 Å². The minimum Gasteiger partial charge on any atom is -0.465 e. The van der Waals surface area contributed by atoms with Crippen LogP contribution in [0.25, 0.3) is 0 Å². The maximum atomic E-state index is 12.9. The van der Waals surface area contributed by atoms with E-state index in [4.69, 9.17) is 4.42 Å². The lowest BCUT2D eigenvalue weighted by Gasteiger charge is -2.06. The highest BCUT2D eigenvalue weighted by atomic mass is 19.1. The third kappa shape index (κ3) is 3.17. The summed E-state index contributed by atoms with van der Waals surface area (Å²) in [6, 6.07) is 8.75. The van der Waals surface area contributed by atoms with Crippen LogP contribution in [0.4, 0.5) is 4.39 Å². The predicted octanol–water partition coefficient (Wildman–Crippen LogP) is 3.33. The number of aryl methyl sites for hydroxylation is 2. The Balaban J connectivity index is 1.90. The molecule has 0 aliphatic rings. The highest BCUT2D eigenvalue weighted by Crippen LogP contribution is 2.10. The number of benzene rings is 1. The zero-order valence-corrected chi connectivity index (χ0v) is 10.1. The summed E-state index contributed by atoms with van der Waals surface area (Å²) in [7, 11) is 0. The first-order chi connectivity index (χ1) is 8.15. The minimum atomic E-state index is -0.187. The zero-order valence-electron chi connectivity index (χ0n) is 10.1. The van der Waals surface area contributed by atoms with Gasteiger partial charge in [0.05, 0.1) is 6.54 Å². The van der Waals surface area contributed by atoms with Crippen LogP contribution in [0.15, 0.2) is 34.7 Å². The Hall–Kier alpha value is -1.61. The summed E-state index contributed by atoms with van der Waals surface area (Å²) in [6.07, 6.45) is 0. The molecule has 2 rings (SSSR count). The first kappa shape index (κ1) is 11.9. The normalized spacial score (nSPS) is 10.8. The van der Waals surface area contributed by atoms with Gasteiger partial charge in [0.25, 0.3) is 0 Å². The predicted molar refractivity (Wildman–Crippen MR) is 65.1 cm³/mol. The SMILES string of the molecule is Cc1ccc(CNCc2ccc(F)cc2C)o1. The van der Waals surface area contributed by atoms with E-state index >= 15 is 0 Å². The molecule has 1 heterocycles. The fraction of sp³-hybridized carbons (Fsp3) is 0.286. The van der Waals surface area contributed by atoms with E-state index in [1.165, 1.54) is 6.07 Å². The summed E-state index contributed by atoms with van der Waals surface area (Å²) < 4.78 is 18.4. The molecule has 90 valence electrons. The second kappa shape index (κ2) is 5.15. The van der Waals surface area contributed by atoms with Gasteiger partial charge in [-0.15, -0.1) is 0 Å². The molecule has 2 nitrogen and oxygen atoms in total. The molecule has 0 aliphatic carbocycles. The highest BCUT2D eigenvalue weighted by Gasteiger charge is 2.01. The lowest BCUT2D eigenvalue weighted by atomic mass is 10.1. The van der Waals surface area contributed by atoms with Crippen LogP contribution in [0.3, 0.4) is 0 Å². The molecule has 0 unspecified atom stereocenters. The van der Waals surface area contributed by atoms with E-state index in [1.54, 1.807) is 6.07 Å². The van der Waals surface area contributed by atoms with Gasteiger partial charge in [-0.1, -0.05) is 6.07 Å². The van der Waals surface area contributed by atoms with Gasteiger partial charge in [-0.05, 0) is 49.2 Å². The average Bonchev–Trinajstić information content (AvgIpc) is 2.68. The lowest BCUT2D eigenvalue weighted by Crippen LogP contribution is -2.13. The zero-order chi connectivity index (χ0) is 12.3. The van der Waals surface area contributed by atoms with E-state index in [0.29, 0.717) is 13.1 Å². The van der Waals surface area contributed by atoms with Crippen LogP contribution in [0.5, 0.6) is 0 Å². The van der Waals surface area contributed by atoms with E-state index in [-0.39, 0.29) is 5.82 Å². The van der Waals surface area contributed by atoms with Crippen LogP contribution in [0, 0.1) is 19.7 Å². The monoisotopic (exact) mass is 233 g/mol. The highest BCUT2D eigenvalue weighted by molar-refractivity contribution is 5.26. The van der Waals surface area contributed by atoms with Crippen molar-refractivity contribution in [1.82, 2.24) is 5.32 Å². The van der Waals surface area contributed by atoms with Crippen molar-refractivity contribution in [1.29, 1.82) is 0 Å². The van der Waals surface area contributed by atoms with Crippen LogP contribution < -0.4 is 5.32 Å². The second-order valence-corrected chi connectivity index (χ2v) is 4.19. The van der Waals surface area contributed by atoms with Gasteiger partial charge < -0.3 is 9.73 Å². The quantitative estimate of drug-likeness (QED) is 0.876. The van der Waals surface area contributed by atoms with E-state index in [2.05, 4.69) is 5.32 Å². The van der Waals surface area contributed by atoms with Crippen LogP contribution in [0.1, 0.15) is 22.6 Å². The standard InChI is InChI=1S/C14H16FNO/c1-10-7-13(15)5-4-12(10)8-16-9-14-6-3-11(2)17-14/h3-7,16H,8-9H2,1-2H3. The molecule has 1 aromatic carbocycles. The first-order valence-corrected chi connectivity index (χ1v) is 5.66. The molecule has 1 N–H and O–H groups in total. The molecule has 2 aromatic rings. The Kier molecular flexibility index (Phi) is 3.59. The molecule has 0 bridgehead atoms. The van der Waals surface area contributed by atoms with E-state index in [9.17, 15) is 4.39 Å². The number of furan rings is 1. The second-order valence-electron chi connectivity index (χ2n) is 4.19. The molecule has 0 spiro atoms. The number of hydrogen-bond donors (Lipinski definition) is 1. The summed E-state index contributed by atoms with van der Waals surface area (Å²) in [5, 5.41) is 3.28. The largest absolute Gasteiger partial charge is 0.465 e. The van der Waals surface area contributed by atoms with Gasteiger partial charge in [0.15, 0.2) is 0 Å². The van der Waals surface area contributed by atoms with Crippen molar-refractivity contribution in [2.75, 3.05) is 0 Å². The van der Waals surface area contributed by atoms with Crippen LogP contribution in [-0.2, 0) is 13.1 Å². The smallest absolute Gasteiger partial charge is 0.123 e. The third-order valence-electron chi connectivity index (χ3n) is 2.72. The van der Waals surface area contributed by atoms with E-state index < -0.39 is 0 Å². The fourth-order valence-corrected chi connectivity index (χ4v) is 1.76. The Morgan fingerprint density at radius 3 is 2.59 bits per heavy atom. The summed E-state index contributed by atoms with van der Waals surface area (Å²) in [4.78, 5) is 0. The van der Waals surface area contributed by atoms with Crippen LogP contribution in [0.2, 0.25) is 0 Å². The first-order valence-electron chi connectivity index (χ1n) is 5.66. The van der Waals surface area contributed by atoms with Crippen molar-refractivity contribution < 1.29 is 8.81 Å². The molecule has 0 saturated heterocycles. The Morgan fingerprint density at radius 1 is 1.12 bits per heavy atom. The Labute approximate surface area is 100 Å². The van der Waals surface area contributed by atoms with Gasteiger partial charge in [0, 0.05) is 6.54 Å². The van der Waals surface area contributed by atoms with Crippen molar-refractivity contribution in [3.8, 4) is 0 Å². The minimum absolute atomic E-state index is 0.187. The van der Waals surface area contributed by atoms with Crippen molar-refractivity contribution in [3.63, 3.8) is 0 Å². The van der Waals surface area contributed by atoms with Crippen molar-refractivity contribution in [2.24, 2.45) is 0 Å². The van der Waals surface area contributed by atoms with E-state index in [1.807, 2.05) is 32.0 Å². The molecule has 0 radical (unpaired) electrons. The van der Waals surface area contributed by atoms with Crippen LogP contribution >= 0.6 is 0 Å². The number of nitrogens with one attached hydrogen (secondary N) is 1. The Morgan fingerprint density at radius 2 is 1.94 bits per heavy atom. The number of rotatable bonds is 4. The number of halogens is 1. The summed E-state index contributed by atoms with van der Waals surface area (Å²) in [5.74, 6) is 1.65. The molecule has 0 atom stereocenters. The molecule has 0 aliphatic heterocycles. The third-order valence-corrected chi connectivity index (χ3v) is 2.72. The number of hydrogen-bond acceptors (Lipinski definition) is 2. The van der Waals surface area contributed by atoms with E-state index in [0.717, 1.165) is 22.6 Å². The van der Waals surface area contributed by atoms with Crippen molar-refractivity contribution in [3.05, 3.63) is 58.8 Å². The summed E-state index contributed by atoms with van der Waals surface area (Å²) in [5.41, 5.74) is 2.07. The molecule has 3 heteroatoms. The van der Waals surface area contributed by atoms with Gasteiger partial charge in [0.2, 0.25) is 0 Å².